The predicted octanol–water partition coefficient (Wildman–Crippen LogP) is 8.81. The summed E-state index contributed by atoms with van der Waals surface area (Å²) in [4.78, 5) is 0. The van der Waals surface area contributed by atoms with Crippen molar-refractivity contribution in [2.24, 2.45) is 11.8 Å². The molecule has 2 fully saturated rings. The second-order valence-electron chi connectivity index (χ2n) is 9.68. The molecule has 0 nitrogen and oxygen atoms in total. The van der Waals surface area contributed by atoms with E-state index in [4.69, 9.17) is 0 Å². The van der Waals surface area contributed by atoms with E-state index in [1.807, 2.05) is 6.07 Å². The van der Waals surface area contributed by atoms with Crippen LogP contribution in [-0.2, 0) is 0 Å². The van der Waals surface area contributed by atoms with Gasteiger partial charge in [-0.05, 0) is 104 Å². The van der Waals surface area contributed by atoms with E-state index in [1.165, 1.54) is 37.7 Å². The fourth-order valence-electron chi connectivity index (χ4n) is 5.80. The number of hydrogen-bond acceptors (Lipinski definition) is 0. The Kier molecular flexibility index (Phi) is 7.23. The lowest BCUT2D eigenvalue weighted by atomic mass is 9.77. The highest BCUT2D eigenvalue weighted by Crippen LogP contribution is 2.39. The maximum atomic E-state index is 15.0. The van der Waals surface area contributed by atoms with Gasteiger partial charge in [-0.3, -0.25) is 4.39 Å². The van der Waals surface area contributed by atoms with Crippen LogP contribution in [0.4, 0.5) is 8.78 Å². The van der Waals surface area contributed by atoms with Crippen LogP contribution in [0.1, 0.15) is 94.1 Å². The van der Waals surface area contributed by atoms with E-state index in [-0.39, 0.29) is 12.5 Å². The molecule has 2 heteroatoms. The zero-order valence-electron chi connectivity index (χ0n) is 18.4. The SMILES string of the molecule is CCC1CCC(c2ccc(-c3ccc(C4CCC(CCF)CC4)cc3F)cc2)CC1. The highest BCUT2D eigenvalue weighted by Gasteiger charge is 2.24. The van der Waals surface area contributed by atoms with Gasteiger partial charge in [0.1, 0.15) is 5.82 Å². The minimum Gasteiger partial charge on any atom is -0.251 e. The zero-order valence-corrected chi connectivity index (χ0v) is 18.4. The highest BCUT2D eigenvalue weighted by molar-refractivity contribution is 5.65. The molecule has 2 aromatic rings. The minimum atomic E-state index is -0.211. The summed E-state index contributed by atoms with van der Waals surface area (Å²) in [6.45, 7) is 2.09. The first kappa shape index (κ1) is 21.5. The standard InChI is InChI=1S/C28H36F2/c1-2-20-3-7-22(8-4-20)23-11-13-25(14-12-23)27-16-15-26(19-28(27)30)24-9-5-21(6-10-24)17-18-29/h11-16,19-22,24H,2-10,17-18H2,1H3. The first-order valence-electron chi connectivity index (χ1n) is 12.1. The third-order valence-electron chi connectivity index (χ3n) is 7.95. The van der Waals surface area contributed by atoms with Crippen molar-refractivity contribution in [2.45, 2.75) is 83.0 Å². The van der Waals surface area contributed by atoms with Gasteiger partial charge in [0.05, 0.1) is 6.67 Å². The fraction of sp³-hybridized carbons (Fsp3) is 0.571. The lowest BCUT2D eigenvalue weighted by molar-refractivity contribution is 0.283. The summed E-state index contributed by atoms with van der Waals surface area (Å²) in [7, 11) is 0. The molecular formula is C28H36F2. The average Bonchev–Trinajstić information content (AvgIpc) is 2.80. The van der Waals surface area contributed by atoms with Crippen molar-refractivity contribution in [3.05, 3.63) is 59.4 Å². The van der Waals surface area contributed by atoms with E-state index < -0.39 is 0 Å². The van der Waals surface area contributed by atoms with Gasteiger partial charge >= 0.3 is 0 Å². The molecule has 0 unspecified atom stereocenters. The van der Waals surface area contributed by atoms with E-state index >= 15 is 0 Å². The molecule has 0 saturated heterocycles. The Morgan fingerprint density at radius 1 is 0.733 bits per heavy atom. The molecule has 30 heavy (non-hydrogen) atoms. The monoisotopic (exact) mass is 410 g/mol. The van der Waals surface area contributed by atoms with Gasteiger partial charge in [-0.25, -0.2) is 4.39 Å². The van der Waals surface area contributed by atoms with Crippen LogP contribution in [0.5, 0.6) is 0 Å². The van der Waals surface area contributed by atoms with Crippen LogP contribution in [-0.4, -0.2) is 6.67 Å². The first-order valence-corrected chi connectivity index (χ1v) is 12.1. The lowest BCUT2D eigenvalue weighted by Crippen LogP contribution is -2.14. The van der Waals surface area contributed by atoms with Gasteiger partial charge < -0.3 is 0 Å². The van der Waals surface area contributed by atoms with Crippen molar-refractivity contribution >= 4 is 0 Å². The zero-order chi connectivity index (χ0) is 20.9. The molecular weight excluding hydrogens is 374 g/mol. The molecule has 0 heterocycles. The molecule has 0 radical (unpaired) electrons. The summed E-state index contributed by atoms with van der Waals surface area (Å²) in [5.74, 6) is 2.40. The minimum absolute atomic E-state index is 0.116. The molecule has 0 aliphatic heterocycles. The molecule has 4 rings (SSSR count). The first-order chi connectivity index (χ1) is 14.7. The number of halogens is 2. The van der Waals surface area contributed by atoms with E-state index in [1.54, 1.807) is 6.07 Å². The molecule has 2 aliphatic rings. The smallest absolute Gasteiger partial charge is 0.131 e. The summed E-state index contributed by atoms with van der Waals surface area (Å²) >= 11 is 0. The molecule has 0 aromatic heterocycles. The van der Waals surface area contributed by atoms with Crippen LogP contribution in [0, 0.1) is 17.7 Å². The Morgan fingerprint density at radius 3 is 1.87 bits per heavy atom. The molecule has 0 spiro atoms. The molecule has 2 saturated carbocycles. The summed E-state index contributed by atoms with van der Waals surface area (Å²) < 4.78 is 27.5. The number of hydrogen-bond donors (Lipinski definition) is 0. The Labute approximate surface area is 181 Å². The molecule has 0 atom stereocenters. The van der Waals surface area contributed by atoms with E-state index in [0.29, 0.717) is 29.7 Å². The van der Waals surface area contributed by atoms with Crippen LogP contribution < -0.4 is 0 Å². The second kappa shape index (κ2) is 10.1. The Morgan fingerprint density at radius 2 is 1.30 bits per heavy atom. The predicted molar refractivity (Wildman–Crippen MR) is 122 cm³/mol. The van der Waals surface area contributed by atoms with Crippen LogP contribution >= 0.6 is 0 Å². The van der Waals surface area contributed by atoms with Crippen LogP contribution in [0.3, 0.4) is 0 Å². The molecule has 2 aromatic carbocycles. The van der Waals surface area contributed by atoms with Crippen molar-refractivity contribution in [3.63, 3.8) is 0 Å². The molecule has 0 N–H and O–H groups in total. The molecule has 0 bridgehead atoms. The lowest BCUT2D eigenvalue weighted by Gasteiger charge is -2.28. The summed E-state index contributed by atoms with van der Waals surface area (Å²) in [6.07, 6.45) is 11.5. The van der Waals surface area contributed by atoms with Crippen molar-refractivity contribution in [1.82, 2.24) is 0 Å². The highest BCUT2D eigenvalue weighted by atomic mass is 19.1. The third kappa shape index (κ3) is 4.95. The molecule has 2 aliphatic carbocycles. The normalized spacial score (nSPS) is 27.2. The third-order valence-corrected chi connectivity index (χ3v) is 7.95. The van der Waals surface area contributed by atoms with Crippen molar-refractivity contribution in [1.29, 1.82) is 0 Å². The summed E-state index contributed by atoms with van der Waals surface area (Å²) in [5.41, 5.74) is 4.19. The van der Waals surface area contributed by atoms with Crippen LogP contribution in [0.2, 0.25) is 0 Å². The second-order valence-corrected chi connectivity index (χ2v) is 9.68. The number of rotatable bonds is 6. The quantitative estimate of drug-likeness (QED) is 0.446. The van der Waals surface area contributed by atoms with Gasteiger partial charge in [-0.1, -0.05) is 49.7 Å². The average molecular weight is 411 g/mol. The molecule has 0 amide bonds. The van der Waals surface area contributed by atoms with Gasteiger partial charge in [-0.2, -0.15) is 0 Å². The maximum absolute atomic E-state index is 15.0. The Balaban J connectivity index is 1.41. The Hall–Kier alpha value is -1.70. The maximum Gasteiger partial charge on any atom is 0.131 e. The van der Waals surface area contributed by atoms with Crippen LogP contribution in [0.25, 0.3) is 11.1 Å². The van der Waals surface area contributed by atoms with E-state index in [9.17, 15) is 8.78 Å². The van der Waals surface area contributed by atoms with Crippen molar-refractivity contribution in [2.75, 3.05) is 6.67 Å². The van der Waals surface area contributed by atoms with Crippen molar-refractivity contribution < 1.29 is 8.78 Å². The van der Waals surface area contributed by atoms with Gasteiger partial charge in [0.15, 0.2) is 0 Å². The number of alkyl halides is 1. The summed E-state index contributed by atoms with van der Waals surface area (Å²) in [5, 5.41) is 0. The van der Waals surface area contributed by atoms with Crippen molar-refractivity contribution in [3.8, 4) is 11.1 Å². The largest absolute Gasteiger partial charge is 0.251 e. The Bertz CT molecular complexity index is 794. The van der Waals surface area contributed by atoms with Gasteiger partial charge in [-0.15, -0.1) is 0 Å². The topological polar surface area (TPSA) is 0 Å². The van der Waals surface area contributed by atoms with Gasteiger partial charge in [0.25, 0.3) is 0 Å². The van der Waals surface area contributed by atoms with Gasteiger partial charge in [0.2, 0.25) is 0 Å². The summed E-state index contributed by atoms with van der Waals surface area (Å²) in [6, 6.07) is 14.4. The molecule has 162 valence electrons. The van der Waals surface area contributed by atoms with Gasteiger partial charge in [0, 0.05) is 5.56 Å². The van der Waals surface area contributed by atoms with E-state index in [0.717, 1.165) is 42.7 Å². The van der Waals surface area contributed by atoms with Crippen LogP contribution in [0.15, 0.2) is 42.5 Å². The number of benzene rings is 2. The fourth-order valence-corrected chi connectivity index (χ4v) is 5.80. The van der Waals surface area contributed by atoms with E-state index in [2.05, 4.69) is 37.3 Å².